The zero-order valence-corrected chi connectivity index (χ0v) is 18.3. The quantitative estimate of drug-likeness (QED) is 0.566. The molecule has 0 radical (unpaired) electrons. The fourth-order valence-electron chi connectivity index (χ4n) is 3.52. The Bertz CT molecular complexity index is 1230. The van der Waals surface area contributed by atoms with Gasteiger partial charge >= 0.3 is 0 Å². The van der Waals surface area contributed by atoms with Crippen molar-refractivity contribution in [3.8, 4) is 11.4 Å². The first-order valence-corrected chi connectivity index (χ1v) is 11.5. The van der Waals surface area contributed by atoms with Crippen LogP contribution < -0.4 is 5.32 Å². The van der Waals surface area contributed by atoms with Crippen molar-refractivity contribution in [1.29, 1.82) is 0 Å². The summed E-state index contributed by atoms with van der Waals surface area (Å²) >= 11 is 5.92. The lowest BCUT2D eigenvalue weighted by atomic mass is 10.2. The highest BCUT2D eigenvalue weighted by atomic mass is 35.5. The number of rotatable bonds is 5. The van der Waals surface area contributed by atoms with E-state index in [1.807, 2.05) is 0 Å². The third-order valence-corrected chi connectivity index (χ3v) is 7.39. The highest BCUT2D eigenvalue weighted by Crippen LogP contribution is 2.30. The fourth-order valence-corrected chi connectivity index (χ4v) is 5.19. The van der Waals surface area contributed by atoms with Crippen molar-refractivity contribution in [2.45, 2.75) is 24.7 Å². The summed E-state index contributed by atoms with van der Waals surface area (Å²) in [5.74, 6) is -0.736. The van der Waals surface area contributed by atoms with Gasteiger partial charge in [0.1, 0.15) is 5.75 Å². The summed E-state index contributed by atoms with van der Waals surface area (Å²) in [6.07, 6.45) is 3.05. The summed E-state index contributed by atoms with van der Waals surface area (Å²) in [4.78, 5) is 12.9. The van der Waals surface area contributed by atoms with Gasteiger partial charge < -0.3 is 10.4 Å². The number of benzene rings is 2. The van der Waals surface area contributed by atoms with E-state index in [-0.39, 0.29) is 16.3 Å². The maximum Gasteiger partial charge on any atom is 0.259 e. The number of aromatic hydroxyl groups is 1. The Kier molecular flexibility index (Phi) is 5.74. The lowest BCUT2D eigenvalue weighted by Crippen LogP contribution is -2.28. The van der Waals surface area contributed by atoms with E-state index < -0.39 is 15.9 Å². The fraction of sp³-hybridized carbons (Fsp3) is 0.238. The smallest absolute Gasteiger partial charge is 0.259 e. The highest BCUT2D eigenvalue weighted by molar-refractivity contribution is 7.89. The van der Waals surface area contributed by atoms with Gasteiger partial charge in [-0.1, -0.05) is 11.6 Å². The number of anilines is 1. The van der Waals surface area contributed by atoms with Gasteiger partial charge in [0.25, 0.3) is 5.91 Å². The molecule has 31 heavy (non-hydrogen) atoms. The van der Waals surface area contributed by atoms with Gasteiger partial charge in [-0.2, -0.15) is 9.40 Å². The first kappa shape index (κ1) is 21.4. The van der Waals surface area contributed by atoms with Gasteiger partial charge in [-0.3, -0.25) is 4.79 Å². The van der Waals surface area contributed by atoms with Crippen LogP contribution in [0, 0.1) is 6.92 Å². The monoisotopic (exact) mass is 460 g/mol. The maximum atomic E-state index is 12.8. The van der Waals surface area contributed by atoms with Crippen LogP contribution in [-0.2, 0) is 10.0 Å². The van der Waals surface area contributed by atoms with Crippen LogP contribution in [0.15, 0.2) is 53.6 Å². The summed E-state index contributed by atoms with van der Waals surface area (Å²) in [5.41, 5.74) is 1.63. The average molecular weight is 461 g/mol. The number of nitrogens with zero attached hydrogens (tertiary/aromatic N) is 3. The van der Waals surface area contributed by atoms with Gasteiger partial charge in [-0.25, -0.2) is 13.1 Å². The van der Waals surface area contributed by atoms with E-state index in [1.165, 1.54) is 28.7 Å². The highest BCUT2D eigenvalue weighted by Gasteiger charge is 2.28. The van der Waals surface area contributed by atoms with E-state index in [4.69, 9.17) is 11.6 Å². The second kappa shape index (κ2) is 8.33. The molecule has 1 aliphatic heterocycles. The van der Waals surface area contributed by atoms with Gasteiger partial charge in [0.15, 0.2) is 0 Å². The number of hydrogen-bond donors (Lipinski definition) is 2. The first-order chi connectivity index (χ1) is 14.8. The number of hydrogen-bond acceptors (Lipinski definition) is 5. The molecule has 0 spiro atoms. The molecule has 0 aliphatic carbocycles. The Morgan fingerprint density at radius 1 is 1.13 bits per heavy atom. The molecule has 1 amide bonds. The summed E-state index contributed by atoms with van der Waals surface area (Å²) in [7, 11) is -3.68. The molecule has 162 valence electrons. The van der Waals surface area contributed by atoms with Gasteiger partial charge in [-0.05, 0) is 62.2 Å². The minimum Gasteiger partial charge on any atom is -0.506 e. The van der Waals surface area contributed by atoms with Crippen molar-refractivity contribution < 1.29 is 18.3 Å². The Labute approximate surface area is 185 Å². The molecular formula is C21H21ClN4O4S. The Balaban J connectivity index is 1.60. The van der Waals surface area contributed by atoms with E-state index >= 15 is 0 Å². The minimum atomic E-state index is -3.68. The second-order valence-corrected chi connectivity index (χ2v) is 9.65. The van der Waals surface area contributed by atoms with E-state index in [1.54, 1.807) is 35.9 Å². The topological polar surface area (TPSA) is 105 Å². The molecule has 1 aromatic heterocycles. The minimum absolute atomic E-state index is 0.0175. The van der Waals surface area contributed by atoms with Crippen molar-refractivity contribution in [3.63, 3.8) is 0 Å². The van der Waals surface area contributed by atoms with E-state index in [9.17, 15) is 18.3 Å². The largest absolute Gasteiger partial charge is 0.506 e. The van der Waals surface area contributed by atoms with Crippen LogP contribution in [0.5, 0.6) is 5.75 Å². The van der Waals surface area contributed by atoms with Crippen LogP contribution >= 0.6 is 11.6 Å². The molecule has 0 atom stereocenters. The SMILES string of the molecule is Cc1c(C(=O)Nc2cc(S(=O)(=O)N3CCCC3)ccc2O)cnn1-c1ccc(Cl)cc1. The molecule has 4 rings (SSSR count). The van der Waals surface area contributed by atoms with Crippen LogP contribution in [0.25, 0.3) is 5.69 Å². The van der Waals surface area contributed by atoms with Crippen molar-refractivity contribution >= 4 is 33.2 Å². The third-order valence-electron chi connectivity index (χ3n) is 5.24. The zero-order chi connectivity index (χ0) is 22.2. The molecule has 10 heteroatoms. The molecule has 2 heterocycles. The van der Waals surface area contributed by atoms with E-state index in [0.717, 1.165) is 18.5 Å². The number of sulfonamides is 1. The second-order valence-electron chi connectivity index (χ2n) is 7.28. The van der Waals surface area contributed by atoms with Gasteiger partial charge in [-0.15, -0.1) is 0 Å². The average Bonchev–Trinajstić information content (AvgIpc) is 3.41. The van der Waals surface area contributed by atoms with Crippen molar-refractivity contribution in [2.24, 2.45) is 0 Å². The maximum absolute atomic E-state index is 12.8. The molecule has 2 N–H and O–H groups in total. The van der Waals surface area contributed by atoms with Gasteiger partial charge in [0, 0.05) is 18.1 Å². The zero-order valence-electron chi connectivity index (χ0n) is 16.7. The molecule has 0 saturated carbocycles. The van der Waals surface area contributed by atoms with Crippen LogP contribution in [0.2, 0.25) is 5.02 Å². The molecule has 0 unspecified atom stereocenters. The Hall–Kier alpha value is -2.88. The lowest BCUT2D eigenvalue weighted by Gasteiger charge is -2.16. The molecule has 1 fully saturated rings. The number of halogens is 1. The molecule has 1 aliphatic rings. The van der Waals surface area contributed by atoms with Crippen LogP contribution in [0.4, 0.5) is 5.69 Å². The molecule has 8 nitrogen and oxygen atoms in total. The van der Waals surface area contributed by atoms with Crippen molar-refractivity contribution in [3.05, 3.63) is 64.9 Å². The number of phenols is 1. The first-order valence-electron chi connectivity index (χ1n) is 9.72. The molecule has 0 bridgehead atoms. The number of amides is 1. The summed E-state index contributed by atoms with van der Waals surface area (Å²) < 4.78 is 28.6. The lowest BCUT2D eigenvalue weighted by molar-refractivity contribution is 0.102. The molecule has 3 aromatic rings. The number of carbonyl (C=O) groups is 1. The summed E-state index contributed by atoms with van der Waals surface area (Å²) in [6, 6.07) is 10.9. The summed E-state index contributed by atoms with van der Waals surface area (Å²) in [6.45, 7) is 2.67. The van der Waals surface area contributed by atoms with Crippen LogP contribution in [0.3, 0.4) is 0 Å². The summed E-state index contributed by atoms with van der Waals surface area (Å²) in [5, 5.41) is 17.6. The molecule has 2 aromatic carbocycles. The van der Waals surface area contributed by atoms with Crippen molar-refractivity contribution in [2.75, 3.05) is 18.4 Å². The third kappa shape index (κ3) is 4.16. The molecular weight excluding hydrogens is 440 g/mol. The number of nitrogens with one attached hydrogen (secondary N) is 1. The predicted octanol–water partition coefficient (Wildman–Crippen LogP) is 3.58. The van der Waals surface area contributed by atoms with E-state index in [2.05, 4.69) is 10.4 Å². The Morgan fingerprint density at radius 2 is 1.81 bits per heavy atom. The van der Waals surface area contributed by atoms with Crippen LogP contribution in [0.1, 0.15) is 28.9 Å². The van der Waals surface area contributed by atoms with Crippen molar-refractivity contribution in [1.82, 2.24) is 14.1 Å². The standard InChI is InChI=1S/C21H21ClN4O4S/c1-14-18(13-23-26(14)16-6-4-15(22)5-7-16)21(28)24-19-12-17(8-9-20(19)27)31(29,30)25-10-2-3-11-25/h4-9,12-13,27H,2-3,10-11H2,1H3,(H,24,28). The van der Waals surface area contributed by atoms with E-state index in [0.29, 0.717) is 29.4 Å². The normalized spacial score (nSPS) is 14.6. The predicted molar refractivity (Wildman–Crippen MR) is 117 cm³/mol. The van der Waals surface area contributed by atoms with Gasteiger partial charge in [0.2, 0.25) is 10.0 Å². The number of aromatic nitrogens is 2. The van der Waals surface area contributed by atoms with Crippen LogP contribution in [-0.4, -0.2) is 46.6 Å². The molecule has 1 saturated heterocycles. The number of carbonyl (C=O) groups excluding carboxylic acids is 1. The Morgan fingerprint density at radius 3 is 2.48 bits per heavy atom. The number of phenolic OH excluding ortho intramolecular Hbond substituents is 1. The van der Waals surface area contributed by atoms with Gasteiger partial charge in [0.05, 0.1) is 33.7 Å².